The molecule has 20 heavy (non-hydrogen) atoms. The molecule has 0 saturated carbocycles. The zero-order valence-corrected chi connectivity index (χ0v) is 12.5. The summed E-state index contributed by atoms with van der Waals surface area (Å²) >= 11 is 2.73. The van der Waals surface area contributed by atoms with Gasteiger partial charge >= 0.3 is 0 Å². The Morgan fingerprint density at radius 2 is 2.20 bits per heavy atom. The van der Waals surface area contributed by atoms with Crippen molar-refractivity contribution >= 4 is 39.6 Å². The van der Waals surface area contributed by atoms with Gasteiger partial charge in [0.2, 0.25) is 11.0 Å². The predicted molar refractivity (Wildman–Crippen MR) is 79.2 cm³/mol. The van der Waals surface area contributed by atoms with Crippen LogP contribution in [-0.4, -0.2) is 28.6 Å². The average Bonchev–Trinajstić information content (AvgIpc) is 3.09. The number of nitrogens with zero attached hydrogens (tertiary/aromatic N) is 2. The number of thiophene rings is 1. The van der Waals surface area contributed by atoms with E-state index in [2.05, 4.69) is 20.8 Å². The second-order valence-corrected chi connectivity index (χ2v) is 5.90. The van der Waals surface area contributed by atoms with Crippen LogP contribution in [0.25, 0.3) is 0 Å². The molecule has 0 fully saturated rings. The lowest BCUT2D eigenvalue weighted by molar-refractivity contribution is -0.116. The molecule has 0 atom stereocenters. The molecule has 2 N–H and O–H groups in total. The highest BCUT2D eigenvalue weighted by Gasteiger charge is 2.09. The second kappa shape index (κ2) is 7.11. The molecule has 0 aliphatic heterocycles. The van der Waals surface area contributed by atoms with E-state index in [1.165, 1.54) is 22.7 Å². The zero-order valence-electron chi connectivity index (χ0n) is 10.9. The van der Waals surface area contributed by atoms with Crippen molar-refractivity contribution in [3.63, 3.8) is 0 Å². The molecule has 2 amide bonds. The molecule has 0 aliphatic rings. The highest BCUT2D eigenvalue weighted by Crippen LogP contribution is 2.15. The first-order chi connectivity index (χ1) is 9.69. The van der Waals surface area contributed by atoms with Gasteiger partial charge < -0.3 is 10.6 Å². The molecule has 0 aromatic carbocycles. The third-order valence-corrected chi connectivity index (χ3v) is 4.25. The van der Waals surface area contributed by atoms with Gasteiger partial charge in [-0.05, 0) is 17.9 Å². The van der Waals surface area contributed by atoms with Crippen molar-refractivity contribution in [3.05, 3.63) is 27.4 Å². The molecule has 2 aromatic heterocycles. The minimum absolute atomic E-state index is 0.156. The van der Waals surface area contributed by atoms with Crippen molar-refractivity contribution in [3.8, 4) is 0 Å². The number of amides is 2. The number of hydrogen-bond donors (Lipinski definition) is 2. The maximum atomic E-state index is 11.7. The smallest absolute Gasteiger partial charge is 0.261 e. The molecule has 0 saturated heterocycles. The Kier molecular flexibility index (Phi) is 5.19. The van der Waals surface area contributed by atoms with E-state index in [9.17, 15) is 9.59 Å². The van der Waals surface area contributed by atoms with Crippen LogP contribution in [0.4, 0.5) is 5.13 Å². The number of anilines is 1. The van der Waals surface area contributed by atoms with Crippen LogP contribution in [0.1, 0.15) is 28.0 Å². The fraction of sp³-hybridized carbons (Fsp3) is 0.333. The van der Waals surface area contributed by atoms with E-state index in [1.807, 2.05) is 18.4 Å². The monoisotopic (exact) mass is 310 g/mol. The van der Waals surface area contributed by atoms with Crippen molar-refractivity contribution in [2.75, 3.05) is 11.9 Å². The third-order valence-electron chi connectivity index (χ3n) is 2.40. The van der Waals surface area contributed by atoms with Gasteiger partial charge in [-0.1, -0.05) is 24.3 Å². The number of carbonyl (C=O) groups is 2. The molecule has 2 heterocycles. The zero-order chi connectivity index (χ0) is 14.4. The van der Waals surface area contributed by atoms with Gasteiger partial charge in [-0.25, -0.2) is 0 Å². The summed E-state index contributed by atoms with van der Waals surface area (Å²) in [5.74, 6) is -0.340. The lowest BCUT2D eigenvalue weighted by atomic mass is 10.4. The Hall–Kier alpha value is -1.80. The van der Waals surface area contributed by atoms with Gasteiger partial charge in [0.05, 0.1) is 4.88 Å². The summed E-state index contributed by atoms with van der Waals surface area (Å²) < 4.78 is 0. The Morgan fingerprint density at radius 1 is 1.35 bits per heavy atom. The summed E-state index contributed by atoms with van der Waals surface area (Å²) in [6.45, 7) is 2.27. The largest absolute Gasteiger partial charge is 0.351 e. The first-order valence-corrected chi connectivity index (χ1v) is 7.82. The van der Waals surface area contributed by atoms with Gasteiger partial charge in [-0.15, -0.1) is 21.5 Å². The van der Waals surface area contributed by atoms with Gasteiger partial charge in [-0.2, -0.15) is 0 Å². The van der Waals surface area contributed by atoms with Gasteiger partial charge in [0.25, 0.3) is 5.91 Å². The normalized spacial score (nSPS) is 10.2. The molecular weight excluding hydrogens is 296 g/mol. The maximum Gasteiger partial charge on any atom is 0.261 e. The summed E-state index contributed by atoms with van der Waals surface area (Å²) in [5.41, 5.74) is 0. The molecule has 0 radical (unpaired) electrons. The van der Waals surface area contributed by atoms with Gasteiger partial charge in [-0.3, -0.25) is 9.59 Å². The van der Waals surface area contributed by atoms with Crippen LogP contribution in [0.15, 0.2) is 17.5 Å². The van der Waals surface area contributed by atoms with Crippen molar-refractivity contribution in [2.45, 2.75) is 19.8 Å². The Labute approximate surface area is 124 Å². The quantitative estimate of drug-likeness (QED) is 0.854. The number of carbonyl (C=O) groups excluding carboxylic acids is 2. The van der Waals surface area contributed by atoms with E-state index < -0.39 is 0 Å². The van der Waals surface area contributed by atoms with Crippen molar-refractivity contribution in [2.24, 2.45) is 0 Å². The maximum absolute atomic E-state index is 11.7. The first kappa shape index (κ1) is 14.6. The van der Waals surface area contributed by atoms with Gasteiger partial charge in [0, 0.05) is 13.0 Å². The van der Waals surface area contributed by atoms with Gasteiger partial charge in [0.1, 0.15) is 5.01 Å². The molecule has 106 valence electrons. The number of rotatable bonds is 6. The molecule has 0 spiro atoms. The van der Waals surface area contributed by atoms with Crippen molar-refractivity contribution in [1.82, 2.24) is 15.5 Å². The average molecular weight is 310 g/mol. The molecule has 6 nitrogen and oxygen atoms in total. The Bertz CT molecular complexity index is 580. The summed E-state index contributed by atoms with van der Waals surface area (Å²) in [7, 11) is 0. The van der Waals surface area contributed by atoms with Crippen LogP contribution < -0.4 is 10.6 Å². The van der Waals surface area contributed by atoms with Gasteiger partial charge in [0.15, 0.2) is 0 Å². The molecule has 0 bridgehead atoms. The third kappa shape index (κ3) is 4.10. The lowest BCUT2D eigenvalue weighted by Gasteiger charge is -2.03. The fourth-order valence-electron chi connectivity index (χ4n) is 1.41. The number of nitrogens with one attached hydrogen (secondary N) is 2. The standard InChI is InChI=1S/C12H14N4O2S2/c1-2-10-15-16-12(20-10)14-9(17)5-6-13-11(18)8-4-3-7-19-8/h3-4,7H,2,5-6H2,1H3,(H,13,18)(H,14,16,17). The number of aromatic nitrogens is 2. The van der Waals surface area contributed by atoms with Crippen LogP contribution in [0.2, 0.25) is 0 Å². The molecule has 0 aliphatic carbocycles. The predicted octanol–water partition coefficient (Wildman–Crippen LogP) is 1.92. The molecule has 8 heteroatoms. The molecule has 2 rings (SSSR count). The van der Waals surface area contributed by atoms with Crippen LogP contribution in [-0.2, 0) is 11.2 Å². The fourth-order valence-corrected chi connectivity index (χ4v) is 2.75. The van der Waals surface area contributed by atoms with Crippen LogP contribution in [0.3, 0.4) is 0 Å². The summed E-state index contributed by atoms with van der Waals surface area (Å²) in [5, 5.41) is 16.3. The molecule has 2 aromatic rings. The Morgan fingerprint density at radius 3 is 2.85 bits per heavy atom. The summed E-state index contributed by atoms with van der Waals surface area (Å²) in [6.07, 6.45) is 1.00. The summed E-state index contributed by atoms with van der Waals surface area (Å²) in [4.78, 5) is 23.9. The minimum Gasteiger partial charge on any atom is -0.351 e. The van der Waals surface area contributed by atoms with Crippen LogP contribution in [0, 0.1) is 0 Å². The van der Waals surface area contributed by atoms with E-state index in [0.717, 1.165) is 11.4 Å². The Balaban J connectivity index is 1.71. The first-order valence-electron chi connectivity index (χ1n) is 6.13. The number of hydrogen-bond acceptors (Lipinski definition) is 6. The SMILES string of the molecule is CCc1nnc(NC(=O)CCNC(=O)c2cccs2)s1. The topological polar surface area (TPSA) is 84.0 Å². The van der Waals surface area contributed by atoms with Crippen molar-refractivity contribution < 1.29 is 9.59 Å². The van der Waals surface area contributed by atoms with E-state index >= 15 is 0 Å². The number of aryl methyl sites for hydroxylation is 1. The van der Waals surface area contributed by atoms with E-state index in [1.54, 1.807) is 6.07 Å². The van der Waals surface area contributed by atoms with Crippen LogP contribution in [0.5, 0.6) is 0 Å². The molecule has 0 unspecified atom stereocenters. The van der Waals surface area contributed by atoms with E-state index in [-0.39, 0.29) is 18.2 Å². The highest BCUT2D eigenvalue weighted by atomic mass is 32.1. The van der Waals surface area contributed by atoms with Crippen LogP contribution >= 0.6 is 22.7 Å². The summed E-state index contributed by atoms with van der Waals surface area (Å²) in [6, 6.07) is 3.56. The van der Waals surface area contributed by atoms with E-state index in [4.69, 9.17) is 0 Å². The molecular formula is C12H14N4O2S2. The minimum atomic E-state index is -0.185. The second-order valence-electron chi connectivity index (χ2n) is 3.89. The highest BCUT2D eigenvalue weighted by molar-refractivity contribution is 7.15. The lowest BCUT2D eigenvalue weighted by Crippen LogP contribution is -2.27. The van der Waals surface area contributed by atoms with E-state index in [0.29, 0.717) is 16.6 Å². The van der Waals surface area contributed by atoms with Crippen molar-refractivity contribution in [1.29, 1.82) is 0 Å².